The number of nitrogens with one attached hydrogen (secondary N) is 2. The van der Waals surface area contributed by atoms with Gasteiger partial charge < -0.3 is 14.2 Å². The van der Waals surface area contributed by atoms with Crippen LogP contribution >= 0.6 is 0 Å². The molecule has 1 heterocycles. The molecule has 0 bridgehead atoms. The molecule has 0 radical (unpaired) electrons. The number of amides is 2. The summed E-state index contributed by atoms with van der Waals surface area (Å²) >= 11 is 0. The van der Waals surface area contributed by atoms with E-state index in [9.17, 15) is 39.6 Å². The molecule has 10 nitrogen and oxygen atoms in total. The van der Waals surface area contributed by atoms with Crippen LogP contribution in [0.15, 0.2) is 35.2 Å². The van der Waals surface area contributed by atoms with Crippen LogP contribution in [0.25, 0.3) is 0 Å². The Hall–Kier alpha value is -3.50. The van der Waals surface area contributed by atoms with Crippen LogP contribution in [-0.4, -0.2) is 57.1 Å². The molecule has 182 valence electrons. The van der Waals surface area contributed by atoms with Gasteiger partial charge in [0, 0.05) is 0 Å². The summed E-state index contributed by atoms with van der Waals surface area (Å²) in [5.74, 6) is -1.99. The molecule has 0 aliphatic carbocycles. The second-order valence-electron chi connectivity index (χ2n) is 5.85. The van der Waals surface area contributed by atoms with Crippen molar-refractivity contribution >= 4 is 22.0 Å². The molecule has 1 aromatic carbocycles. The van der Waals surface area contributed by atoms with Crippen molar-refractivity contribution < 1.29 is 53.8 Å². The second kappa shape index (κ2) is 9.55. The van der Waals surface area contributed by atoms with Crippen LogP contribution in [0.3, 0.4) is 0 Å². The Labute approximate surface area is 181 Å². The van der Waals surface area contributed by atoms with E-state index in [1.54, 1.807) is 0 Å². The first-order valence-corrected chi connectivity index (χ1v) is 9.85. The Morgan fingerprint density at radius 1 is 1.03 bits per heavy atom. The number of rotatable bonds is 8. The zero-order valence-corrected chi connectivity index (χ0v) is 17.3. The minimum absolute atomic E-state index is 0.0774. The van der Waals surface area contributed by atoms with Gasteiger partial charge in [-0.1, -0.05) is 12.1 Å². The van der Waals surface area contributed by atoms with E-state index in [0.717, 1.165) is 12.1 Å². The van der Waals surface area contributed by atoms with E-state index in [-0.39, 0.29) is 11.8 Å². The van der Waals surface area contributed by atoms with Crippen molar-refractivity contribution in [2.75, 3.05) is 19.5 Å². The molecule has 0 aliphatic rings. The number of benzene rings is 1. The SMILES string of the molecule is COc1cc(OC)nc(NC(=O)NS(=O)(=O)c2ccccc2OC(F)(F)C(F)C(F)(F)F)n1. The molecule has 17 heteroatoms. The van der Waals surface area contributed by atoms with Crippen molar-refractivity contribution in [2.24, 2.45) is 0 Å². The van der Waals surface area contributed by atoms with Gasteiger partial charge in [-0.3, -0.25) is 5.32 Å². The minimum Gasteiger partial charge on any atom is -0.481 e. The number of urea groups is 1. The summed E-state index contributed by atoms with van der Waals surface area (Å²) in [6.07, 6.45) is -16.2. The number of carbonyl (C=O) groups is 1. The van der Waals surface area contributed by atoms with E-state index in [1.165, 1.54) is 25.0 Å². The molecule has 33 heavy (non-hydrogen) atoms. The van der Waals surface area contributed by atoms with Gasteiger partial charge in [0.2, 0.25) is 17.7 Å². The summed E-state index contributed by atoms with van der Waals surface area (Å²) in [6.45, 7) is 0. The van der Waals surface area contributed by atoms with Gasteiger partial charge in [-0.2, -0.15) is 31.9 Å². The topological polar surface area (TPSA) is 129 Å². The number of nitrogens with zero attached hydrogens (tertiary/aromatic N) is 2. The predicted octanol–water partition coefficient (Wildman–Crippen LogP) is 2.88. The maximum atomic E-state index is 13.6. The number of ether oxygens (including phenoxy) is 3. The first-order chi connectivity index (χ1) is 15.2. The molecular weight excluding hydrogens is 490 g/mol. The quantitative estimate of drug-likeness (QED) is 0.526. The molecule has 0 spiro atoms. The summed E-state index contributed by atoms with van der Waals surface area (Å²) in [5, 5.41) is 1.91. The van der Waals surface area contributed by atoms with E-state index < -0.39 is 51.1 Å². The molecule has 1 atom stereocenters. The fourth-order valence-corrected chi connectivity index (χ4v) is 3.16. The second-order valence-corrected chi connectivity index (χ2v) is 7.50. The average Bonchev–Trinajstić information content (AvgIpc) is 2.71. The number of hydrogen-bond acceptors (Lipinski definition) is 8. The highest BCUT2D eigenvalue weighted by Gasteiger charge is 2.59. The molecule has 2 rings (SSSR count). The number of para-hydroxylation sites is 1. The molecule has 1 unspecified atom stereocenters. The van der Waals surface area contributed by atoms with Crippen LogP contribution in [-0.2, 0) is 10.0 Å². The Bertz CT molecular complexity index is 1090. The number of alkyl halides is 6. The molecule has 0 fully saturated rings. The Morgan fingerprint density at radius 2 is 1.58 bits per heavy atom. The standard InChI is InChI=1S/C16H14F6N4O6S/c1-30-10-7-11(31-2)24-13(23-10)25-14(27)26-33(28,29)9-6-4-3-5-8(9)32-16(21,22)12(17)15(18,19)20/h3-7,12H,1-2H3,(H2,23,24,25,26,27). The molecule has 0 aliphatic heterocycles. The predicted molar refractivity (Wildman–Crippen MR) is 97.4 cm³/mol. The lowest BCUT2D eigenvalue weighted by atomic mass is 10.3. The maximum absolute atomic E-state index is 13.6. The van der Waals surface area contributed by atoms with E-state index in [2.05, 4.69) is 14.7 Å². The van der Waals surface area contributed by atoms with Crippen LogP contribution < -0.4 is 24.2 Å². The summed E-state index contributed by atoms with van der Waals surface area (Å²) in [7, 11) is -2.57. The Morgan fingerprint density at radius 3 is 2.09 bits per heavy atom. The summed E-state index contributed by atoms with van der Waals surface area (Å²) < 4.78 is 117. The molecule has 2 aromatic rings. The number of hydrogen-bond donors (Lipinski definition) is 2. The Kier molecular flexibility index (Phi) is 7.46. The third-order valence-corrected chi connectivity index (χ3v) is 4.89. The number of carbonyl (C=O) groups excluding carboxylic acids is 1. The first-order valence-electron chi connectivity index (χ1n) is 8.37. The molecule has 0 saturated carbocycles. The number of methoxy groups -OCH3 is 2. The van der Waals surface area contributed by atoms with Crippen molar-refractivity contribution in [3.63, 3.8) is 0 Å². The van der Waals surface area contributed by atoms with Crippen molar-refractivity contribution in [1.82, 2.24) is 14.7 Å². The van der Waals surface area contributed by atoms with Crippen LogP contribution in [0, 0.1) is 0 Å². The van der Waals surface area contributed by atoms with Crippen molar-refractivity contribution in [1.29, 1.82) is 0 Å². The average molecular weight is 504 g/mol. The zero-order valence-electron chi connectivity index (χ0n) is 16.5. The summed E-state index contributed by atoms with van der Waals surface area (Å²) in [5.41, 5.74) is 0. The fraction of sp³-hybridized carbons (Fsp3) is 0.312. The number of aromatic nitrogens is 2. The minimum atomic E-state index is -5.99. The first kappa shape index (κ1) is 25.8. The Balaban J connectivity index is 2.27. The molecule has 1 aromatic heterocycles. The zero-order chi connectivity index (χ0) is 25.0. The van der Waals surface area contributed by atoms with E-state index in [0.29, 0.717) is 12.1 Å². The van der Waals surface area contributed by atoms with Gasteiger partial charge in [0.05, 0.1) is 20.3 Å². The van der Waals surface area contributed by atoms with Gasteiger partial charge in [-0.05, 0) is 12.1 Å². The van der Waals surface area contributed by atoms with Crippen molar-refractivity contribution in [3.8, 4) is 17.5 Å². The highest BCUT2D eigenvalue weighted by Crippen LogP contribution is 2.38. The molecule has 2 amide bonds. The monoisotopic (exact) mass is 504 g/mol. The highest BCUT2D eigenvalue weighted by atomic mass is 32.2. The van der Waals surface area contributed by atoms with Gasteiger partial charge in [-0.25, -0.2) is 22.3 Å². The molecular formula is C16H14F6N4O6S. The molecule has 0 saturated heterocycles. The van der Waals surface area contributed by atoms with Crippen LogP contribution in [0.4, 0.5) is 37.1 Å². The normalized spacial score (nSPS) is 13.1. The lowest BCUT2D eigenvalue weighted by molar-refractivity contribution is -0.305. The van der Waals surface area contributed by atoms with Crippen molar-refractivity contribution in [2.45, 2.75) is 23.4 Å². The highest BCUT2D eigenvalue weighted by molar-refractivity contribution is 7.90. The maximum Gasteiger partial charge on any atom is 0.439 e. The molecule has 2 N–H and O–H groups in total. The third-order valence-electron chi connectivity index (χ3n) is 3.52. The number of anilines is 1. The summed E-state index contributed by atoms with van der Waals surface area (Å²) in [6, 6.07) is 2.83. The smallest absolute Gasteiger partial charge is 0.439 e. The fourth-order valence-electron chi connectivity index (χ4n) is 2.12. The largest absolute Gasteiger partial charge is 0.481 e. The van der Waals surface area contributed by atoms with E-state index in [1.807, 2.05) is 5.32 Å². The lowest BCUT2D eigenvalue weighted by Crippen LogP contribution is -2.46. The van der Waals surface area contributed by atoms with Crippen molar-refractivity contribution in [3.05, 3.63) is 30.3 Å². The van der Waals surface area contributed by atoms with Crippen LogP contribution in [0.5, 0.6) is 17.5 Å². The van der Waals surface area contributed by atoms with E-state index in [4.69, 9.17) is 9.47 Å². The van der Waals surface area contributed by atoms with Crippen LogP contribution in [0.1, 0.15) is 0 Å². The van der Waals surface area contributed by atoms with E-state index >= 15 is 0 Å². The summed E-state index contributed by atoms with van der Waals surface area (Å²) in [4.78, 5) is 18.3. The van der Waals surface area contributed by atoms with Gasteiger partial charge in [0.15, 0.2) is 0 Å². The van der Waals surface area contributed by atoms with Crippen LogP contribution in [0.2, 0.25) is 0 Å². The van der Waals surface area contributed by atoms with Gasteiger partial charge in [-0.15, -0.1) is 0 Å². The van der Waals surface area contributed by atoms with Gasteiger partial charge in [0.1, 0.15) is 10.6 Å². The van der Waals surface area contributed by atoms with Gasteiger partial charge in [0.25, 0.3) is 16.2 Å². The lowest BCUT2D eigenvalue weighted by Gasteiger charge is -2.24. The number of sulfonamides is 1. The number of halogens is 6. The van der Waals surface area contributed by atoms with Gasteiger partial charge >= 0.3 is 18.3 Å². The third kappa shape index (κ3) is 6.50.